The SMILES string of the molecule is CNC(=S)SC(N)=S. The van der Waals surface area contributed by atoms with E-state index in [4.69, 9.17) is 18.0 Å². The molecule has 0 rings (SSSR count). The van der Waals surface area contributed by atoms with Crippen LogP contribution in [0.4, 0.5) is 0 Å². The molecule has 0 saturated heterocycles. The molecule has 0 radical (unpaired) electrons. The average Bonchev–Trinajstić information content (AvgIpc) is 1.65. The molecule has 0 aromatic carbocycles. The van der Waals surface area contributed by atoms with Crippen LogP contribution < -0.4 is 11.1 Å². The van der Waals surface area contributed by atoms with Gasteiger partial charge < -0.3 is 11.1 Å². The fourth-order valence-corrected chi connectivity index (χ4v) is 1.10. The second-order valence-electron chi connectivity index (χ2n) is 0.959. The molecular weight excluding hydrogens is 160 g/mol. The van der Waals surface area contributed by atoms with Crippen molar-refractivity contribution in [2.45, 2.75) is 0 Å². The Hall–Kier alpha value is 0.130. The molecule has 0 aliphatic heterocycles. The van der Waals surface area contributed by atoms with E-state index in [0.29, 0.717) is 8.64 Å². The van der Waals surface area contributed by atoms with Crippen molar-refractivity contribution in [1.82, 2.24) is 5.32 Å². The maximum absolute atomic E-state index is 5.14. The van der Waals surface area contributed by atoms with Gasteiger partial charge in [-0.3, -0.25) is 0 Å². The number of hydrogen-bond donors (Lipinski definition) is 2. The predicted octanol–water partition coefficient (Wildman–Crippen LogP) is 0.468. The van der Waals surface area contributed by atoms with Crippen LogP contribution in [0.25, 0.3) is 0 Å². The molecule has 0 fully saturated rings. The van der Waals surface area contributed by atoms with E-state index in [1.165, 1.54) is 11.8 Å². The van der Waals surface area contributed by atoms with Crippen LogP contribution in [0.3, 0.4) is 0 Å². The molecule has 8 heavy (non-hydrogen) atoms. The van der Waals surface area contributed by atoms with Crippen LogP contribution in [0.5, 0.6) is 0 Å². The van der Waals surface area contributed by atoms with Crippen molar-refractivity contribution in [3.05, 3.63) is 0 Å². The van der Waals surface area contributed by atoms with E-state index in [-0.39, 0.29) is 0 Å². The lowest BCUT2D eigenvalue weighted by Gasteiger charge is -1.96. The van der Waals surface area contributed by atoms with E-state index in [1.54, 1.807) is 7.05 Å². The Labute approximate surface area is 63.2 Å². The molecule has 0 heterocycles. The fourth-order valence-electron chi connectivity index (χ4n) is 0.142. The van der Waals surface area contributed by atoms with Gasteiger partial charge in [0.05, 0.1) is 0 Å². The zero-order valence-corrected chi connectivity index (χ0v) is 6.75. The Morgan fingerprint density at radius 3 is 2.25 bits per heavy atom. The highest BCUT2D eigenvalue weighted by molar-refractivity contribution is 8.37. The van der Waals surface area contributed by atoms with Gasteiger partial charge >= 0.3 is 0 Å². The van der Waals surface area contributed by atoms with Crippen LogP contribution in [0.15, 0.2) is 0 Å². The summed E-state index contributed by atoms with van der Waals surface area (Å²) in [6, 6.07) is 0. The quantitative estimate of drug-likeness (QED) is 0.512. The monoisotopic (exact) mass is 166 g/mol. The first kappa shape index (κ1) is 8.13. The predicted molar refractivity (Wildman–Crippen MR) is 46.0 cm³/mol. The molecule has 0 aliphatic rings. The second kappa shape index (κ2) is 4.05. The highest BCUT2D eigenvalue weighted by atomic mass is 32.2. The molecule has 0 bridgehead atoms. The number of nitrogens with one attached hydrogen (secondary N) is 1. The third kappa shape index (κ3) is 4.29. The first-order chi connectivity index (χ1) is 3.66. The zero-order chi connectivity index (χ0) is 6.57. The topological polar surface area (TPSA) is 38.0 Å². The summed E-state index contributed by atoms with van der Waals surface area (Å²) >= 11 is 10.5. The Morgan fingerprint density at radius 2 is 2.12 bits per heavy atom. The van der Waals surface area contributed by atoms with E-state index < -0.39 is 0 Å². The van der Waals surface area contributed by atoms with Gasteiger partial charge in [0, 0.05) is 7.05 Å². The Morgan fingerprint density at radius 1 is 1.62 bits per heavy atom. The summed E-state index contributed by atoms with van der Waals surface area (Å²) in [7, 11) is 1.73. The maximum Gasteiger partial charge on any atom is 0.140 e. The normalized spacial score (nSPS) is 8.12. The summed E-state index contributed by atoms with van der Waals surface area (Å²) in [4.78, 5) is 0. The first-order valence-corrected chi connectivity index (χ1v) is 3.49. The van der Waals surface area contributed by atoms with Crippen LogP contribution in [-0.4, -0.2) is 15.7 Å². The van der Waals surface area contributed by atoms with E-state index in [0.717, 1.165) is 0 Å². The van der Waals surface area contributed by atoms with Gasteiger partial charge in [0.1, 0.15) is 8.64 Å². The van der Waals surface area contributed by atoms with Crippen molar-refractivity contribution in [3.8, 4) is 0 Å². The van der Waals surface area contributed by atoms with Crippen LogP contribution >= 0.6 is 36.2 Å². The van der Waals surface area contributed by atoms with Gasteiger partial charge in [-0.25, -0.2) is 0 Å². The number of nitrogens with two attached hydrogens (primary N) is 1. The summed E-state index contributed by atoms with van der Waals surface area (Å²) in [5.41, 5.74) is 5.14. The van der Waals surface area contributed by atoms with Crippen LogP contribution in [0.1, 0.15) is 0 Å². The van der Waals surface area contributed by atoms with Crippen molar-refractivity contribution < 1.29 is 0 Å². The van der Waals surface area contributed by atoms with Gasteiger partial charge in [-0.2, -0.15) is 0 Å². The van der Waals surface area contributed by atoms with Gasteiger partial charge in [0.15, 0.2) is 0 Å². The Balaban J connectivity index is 3.40. The van der Waals surface area contributed by atoms with Crippen LogP contribution in [0, 0.1) is 0 Å². The average molecular weight is 166 g/mol. The molecule has 0 aliphatic carbocycles. The van der Waals surface area contributed by atoms with E-state index in [1.807, 2.05) is 0 Å². The molecular formula is C3H6N2S3. The van der Waals surface area contributed by atoms with Gasteiger partial charge in [-0.1, -0.05) is 24.4 Å². The Bertz CT molecular complexity index is 111. The molecule has 46 valence electrons. The van der Waals surface area contributed by atoms with Crippen molar-refractivity contribution in [2.24, 2.45) is 5.73 Å². The Kier molecular flexibility index (Phi) is 4.12. The summed E-state index contributed by atoms with van der Waals surface area (Å²) in [6.45, 7) is 0. The lowest BCUT2D eigenvalue weighted by Crippen LogP contribution is -2.16. The van der Waals surface area contributed by atoms with Crippen LogP contribution in [-0.2, 0) is 0 Å². The van der Waals surface area contributed by atoms with E-state index >= 15 is 0 Å². The highest BCUT2D eigenvalue weighted by Crippen LogP contribution is 1.99. The van der Waals surface area contributed by atoms with Gasteiger partial charge in [-0.15, -0.1) is 0 Å². The summed E-state index contributed by atoms with van der Waals surface area (Å²) < 4.78 is 0.960. The maximum atomic E-state index is 5.14. The largest absolute Gasteiger partial charge is 0.384 e. The van der Waals surface area contributed by atoms with Crippen molar-refractivity contribution >= 4 is 44.8 Å². The molecule has 0 spiro atoms. The number of hydrogen-bond acceptors (Lipinski definition) is 3. The minimum absolute atomic E-state index is 0.351. The van der Waals surface area contributed by atoms with Crippen molar-refractivity contribution in [3.63, 3.8) is 0 Å². The summed E-state index contributed by atoms with van der Waals surface area (Å²) in [6.07, 6.45) is 0. The van der Waals surface area contributed by atoms with Gasteiger partial charge in [0.2, 0.25) is 0 Å². The minimum atomic E-state index is 0.351. The minimum Gasteiger partial charge on any atom is -0.384 e. The lowest BCUT2D eigenvalue weighted by molar-refractivity contribution is 1.23. The molecule has 3 N–H and O–H groups in total. The zero-order valence-electron chi connectivity index (χ0n) is 4.30. The van der Waals surface area contributed by atoms with E-state index in [2.05, 4.69) is 17.5 Å². The molecule has 0 unspecified atom stereocenters. The van der Waals surface area contributed by atoms with Gasteiger partial charge in [-0.05, 0) is 11.8 Å². The summed E-state index contributed by atoms with van der Waals surface area (Å²) in [5, 5.41) is 2.72. The molecule has 0 aromatic rings. The van der Waals surface area contributed by atoms with Crippen molar-refractivity contribution in [2.75, 3.05) is 7.05 Å². The number of rotatable bonds is 0. The third-order valence-electron chi connectivity index (χ3n) is 0.397. The molecule has 0 amide bonds. The highest BCUT2D eigenvalue weighted by Gasteiger charge is 1.92. The number of thioether (sulfide) groups is 1. The van der Waals surface area contributed by atoms with E-state index in [9.17, 15) is 0 Å². The molecule has 0 saturated carbocycles. The molecule has 0 aromatic heterocycles. The standard InChI is InChI=1S/C3H6N2S3/c1-5-3(7)8-2(4)6/h1H3,(H2,4,6)(H,5,7). The van der Waals surface area contributed by atoms with Gasteiger partial charge in [0.25, 0.3) is 0 Å². The first-order valence-electron chi connectivity index (χ1n) is 1.86. The smallest absolute Gasteiger partial charge is 0.140 e. The second-order valence-corrected chi connectivity index (χ2v) is 3.38. The fraction of sp³-hybridized carbons (Fsp3) is 0.333. The number of thiocarbonyl (C=S) groups is 2. The molecule has 2 nitrogen and oxygen atoms in total. The van der Waals surface area contributed by atoms with Crippen molar-refractivity contribution in [1.29, 1.82) is 0 Å². The molecule has 5 heteroatoms. The third-order valence-corrected chi connectivity index (χ3v) is 1.69. The summed E-state index contributed by atoms with van der Waals surface area (Å²) in [5.74, 6) is 0. The lowest BCUT2D eigenvalue weighted by atomic mass is 11.2. The molecule has 0 atom stereocenters. The van der Waals surface area contributed by atoms with Crippen LogP contribution in [0.2, 0.25) is 0 Å².